The Morgan fingerprint density at radius 2 is 2.00 bits per heavy atom. The van der Waals surface area contributed by atoms with Crippen molar-refractivity contribution < 1.29 is 22.7 Å². The molecule has 2 aliphatic rings. The van der Waals surface area contributed by atoms with Crippen LogP contribution >= 0.6 is 22.9 Å². The molecule has 1 N–H and O–H groups in total. The second-order valence-electron chi connectivity index (χ2n) is 7.04. The van der Waals surface area contributed by atoms with E-state index in [2.05, 4.69) is 15.3 Å². The lowest BCUT2D eigenvalue weighted by atomic mass is 10.1. The number of thiophene rings is 1. The first-order valence-electron chi connectivity index (χ1n) is 9.33. The highest BCUT2D eigenvalue weighted by atomic mass is 35.5. The van der Waals surface area contributed by atoms with Gasteiger partial charge in [0.05, 0.1) is 38.0 Å². The highest BCUT2D eigenvalue weighted by molar-refractivity contribution is 7.10. The Kier molecular flexibility index (Phi) is 6.03. The van der Waals surface area contributed by atoms with Gasteiger partial charge in [-0.1, -0.05) is 0 Å². The first kappa shape index (κ1) is 21.1. The summed E-state index contributed by atoms with van der Waals surface area (Å²) in [5.74, 6) is -0.560. The van der Waals surface area contributed by atoms with Crippen LogP contribution in [0.3, 0.4) is 0 Å². The first-order valence-corrected chi connectivity index (χ1v) is 10.6. The number of rotatable bonds is 4. The summed E-state index contributed by atoms with van der Waals surface area (Å²) in [7, 11) is 0. The van der Waals surface area contributed by atoms with E-state index in [0.717, 1.165) is 0 Å². The number of alkyl halides is 2. The Morgan fingerprint density at radius 1 is 1.27 bits per heavy atom. The molecule has 2 aliphatic heterocycles. The molecule has 0 bridgehead atoms. The quantitative estimate of drug-likeness (QED) is 0.691. The number of urea groups is 1. The standard InChI is InChI=1S/C18H19ClF3N5O2S/c1-9(11-8-30-14(13(11)20)15(21)22)23-16-10-6-27(7-12(10)24-17(19)25-16)18(28)26-2-4-29-5-3-26/h8-9,15H,2-7H2,1H3,(H,23,24,25)/t9-/m1/s1. The minimum atomic E-state index is -2.87. The topological polar surface area (TPSA) is 70.6 Å². The van der Waals surface area contributed by atoms with Crippen LogP contribution in [-0.4, -0.2) is 52.1 Å². The van der Waals surface area contributed by atoms with Crippen LogP contribution in [0.25, 0.3) is 0 Å². The number of ether oxygens (including phenoxy) is 1. The predicted molar refractivity (Wildman–Crippen MR) is 105 cm³/mol. The number of aromatic nitrogens is 2. The van der Waals surface area contributed by atoms with Crippen molar-refractivity contribution in [2.45, 2.75) is 32.5 Å². The van der Waals surface area contributed by atoms with E-state index in [1.807, 2.05) is 0 Å². The van der Waals surface area contributed by atoms with E-state index in [4.69, 9.17) is 16.3 Å². The lowest BCUT2D eigenvalue weighted by Gasteiger charge is -2.30. The third-order valence-corrected chi connectivity index (χ3v) is 6.26. The van der Waals surface area contributed by atoms with E-state index in [-0.39, 0.29) is 30.0 Å². The predicted octanol–water partition coefficient (Wildman–Crippen LogP) is 4.21. The van der Waals surface area contributed by atoms with E-state index < -0.39 is 23.2 Å². The fourth-order valence-corrected chi connectivity index (χ4v) is 4.60. The molecule has 0 radical (unpaired) electrons. The van der Waals surface area contributed by atoms with Gasteiger partial charge in [-0.25, -0.2) is 27.9 Å². The van der Waals surface area contributed by atoms with Crippen LogP contribution in [0.5, 0.6) is 0 Å². The molecule has 12 heteroatoms. The summed E-state index contributed by atoms with van der Waals surface area (Å²) in [6, 6.07) is -0.760. The smallest absolute Gasteiger partial charge is 0.320 e. The molecule has 1 atom stereocenters. The molecule has 0 unspecified atom stereocenters. The maximum atomic E-state index is 14.3. The Balaban J connectivity index is 1.53. The van der Waals surface area contributed by atoms with Crippen molar-refractivity contribution in [1.82, 2.24) is 19.8 Å². The van der Waals surface area contributed by atoms with Gasteiger partial charge < -0.3 is 19.9 Å². The number of hydrogen-bond acceptors (Lipinski definition) is 6. The molecular formula is C18H19ClF3N5O2S. The fraction of sp³-hybridized carbons (Fsp3) is 0.500. The molecule has 0 saturated carbocycles. The third-order valence-electron chi connectivity index (χ3n) is 5.11. The Bertz CT molecular complexity index is 954. The molecule has 1 saturated heterocycles. The van der Waals surface area contributed by atoms with Gasteiger partial charge in [0.2, 0.25) is 5.28 Å². The summed E-state index contributed by atoms with van der Waals surface area (Å²) in [6.07, 6.45) is -2.87. The second-order valence-corrected chi connectivity index (χ2v) is 8.29. The van der Waals surface area contributed by atoms with Crippen LogP contribution in [0.4, 0.5) is 23.8 Å². The molecule has 4 rings (SSSR count). The number of anilines is 1. The summed E-state index contributed by atoms with van der Waals surface area (Å²) < 4.78 is 45.4. The number of morpholine rings is 1. The summed E-state index contributed by atoms with van der Waals surface area (Å²) in [4.78, 5) is 24.0. The molecule has 1 fully saturated rings. The number of halogens is 4. The van der Waals surface area contributed by atoms with E-state index in [1.54, 1.807) is 16.7 Å². The summed E-state index contributed by atoms with van der Waals surface area (Å²) >= 11 is 6.73. The van der Waals surface area contributed by atoms with Crippen molar-refractivity contribution in [3.8, 4) is 0 Å². The Morgan fingerprint density at radius 3 is 2.67 bits per heavy atom. The van der Waals surface area contributed by atoms with Crippen LogP contribution in [0.1, 0.15) is 41.1 Å². The van der Waals surface area contributed by atoms with Crippen molar-refractivity contribution in [2.75, 3.05) is 31.6 Å². The minimum Gasteiger partial charge on any atom is -0.378 e. The van der Waals surface area contributed by atoms with E-state index in [1.165, 1.54) is 5.38 Å². The molecule has 0 aromatic carbocycles. The number of amides is 2. The maximum absolute atomic E-state index is 14.3. The Hall–Kier alpha value is -2.11. The van der Waals surface area contributed by atoms with Gasteiger partial charge in [0.1, 0.15) is 16.5 Å². The molecule has 2 aromatic rings. The second kappa shape index (κ2) is 8.56. The maximum Gasteiger partial charge on any atom is 0.320 e. The number of hydrogen-bond donors (Lipinski definition) is 1. The minimum absolute atomic E-state index is 0.0109. The highest BCUT2D eigenvalue weighted by Crippen LogP contribution is 2.36. The molecule has 162 valence electrons. The van der Waals surface area contributed by atoms with Gasteiger partial charge in [0.15, 0.2) is 0 Å². The van der Waals surface area contributed by atoms with Crippen LogP contribution in [0.2, 0.25) is 5.28 Å². The molecular weight excluding hydrogens is 443 g/mol. The average Bonchev–Trinajstić information content (AvgIpc) is 3.31. The molecule has 2 amide bonds. The SMILES string of the molecule is C[C@@H](Nc1nc(Cl)nc2c1CN(C(=O)N1CCOCC1)C2)c1csc(C(F)F)c1F. The van der Waals surface area contributed by atoms with Crippen LogP contribution in [-0.2, 0) is 17.8 Å². The monoisotopic (exact) mass is 461 g/mol. The van der Waals surface area contributed by atoms with Crippen LogP contribution in [0.15, 0.2) is 5.38 Å². The largest absolute Gasteiger partial charge is 0.378 e. The molecule has 30 heavy (non-hydrogen) atoms. The molecule has 2 aromatic heterocycles. The first-order chi connectivity index (χ1) is 14.3. The van der Waals surface area contributed by atoms with Gasteiger partial charge in [-0.15, -0.1) is 11.3 Å². The van der Waals surface area contributed by atoms with Gasteiger partial charge in [-0.3, -0.25) is 0 Å². The van der Waals surface area contributed by atoms with Crippen molar-refractivity contribution in [1.29, 1.82) is 0 Å². The fourth-order valence-electron chi connectivity index (χ4n) is 3.53. The number of fused-ring (bicyclic) bond motifs is 1. The van der Waals surface area contributed by atoms with Crippen molar-refractivity contribution in [3.05, 3.63) is 38.2 Å². The van der Waals surface area contributed by atoms with Gasteiger partial charge in [-0.2, -0.15) is 0 Å². The van der Waals surface area contributed by atoms with E-state index >= 15 is 0 Å². The zero-order valence-electron chi connectivity index (χ0n) is 16.0. The summed E-state index contributed by atoms with van der Waals surface area (Å²) in [5.41, 5.74) is 1.40. The number of nitrogens with one attached hydrogen (secondary N) is 1. The molecule has 7 nitrogen and oxygen atoms in total. The molecule has 4 heterocycles. The van der Waals surface area contributed by atoms with Gasteiger partial charge >= 0.3 is 6.03 Å². The summed E-state index contributed by atoms with van der Waals surface area (Å²) in [6.45, 7) is 4.22. The van der Waals surface area contributed by atoms with Crippen LogP contribution < -0.4 is 5.32 Å². The lowest BCUT2D eigenvalue weighted by Crippen LogP contribution is -2.46. The van der Waals surface area contributed by atoms with Gasteiger partial charge in [0.25, 0.3) is 6.43 Å². The number of carbonyl (C=O) groups is 1. The van der Waals surface area contributed by atoms with E-state index in [0.29, 0.717) is 54.7 Å². The normalized spacial score (nSPS) is 17.4. The van der Waals surface area contributed by atoms with Crippen molar-refractivity contribution in [3.63, 3.8) is 0 Å². The highest BCUT2D eigenvalue weighted by Gasteiger charge is 2.32. The zero-order valence-corrected chi connectivity index (χ0v) is 17.6. The van der Waals surface area contributed by atoms with Crippen molar-refractivity contribution in [2.24, 2.45) is 0 Å². The summed E-state index contributed by atoms with van der Waals surface area (Å²) in [5, 5.41) is 4.40. The van der Waals surface area contributed by atoms with Crippen LogP contribution in [0, 0.1) is 5.82 Å². The zero-order chi connectivity index (χ0) is 21.4. The molecule has 0 aliphatic carbocycles. The Labute approximate surface area is 179 Å². The van der Waals surface area contributed by atoms with Crippen molar-refractivity contribution >= 4 is 34.8 Å². The van der Waals surface area contributed by atoms with Gasteiger partial charge in [0, 0.05) is 24.2 Å². The van der Waals surface area contributed by atoms with E-state index in [9.17, 15) is 18.0 Å². The van der Waals surface area contributed by atoms with Gasteiger partial charge in [-0.05, 0) is 23.9 Å². The lowest BCUT2D eigenvalue weighted by molar-refractivity contribution is 0.0429. The third kappa shape index (κ3) is 4.06. The average molecular weight is 462 g/mol. The number of nitrogens with zero attached hydrogens (tertiary/aromatic N) is 4. The number of carbonyl (C=O) groups excluding carboxylic acids is 1. The molecule has 0 spiro atoms.